The van der Waals surface area contributed by atoms with Crippen molar-refractivity contribution in [2.75, 3.05) is 6.61 Å². The van der Waals surface area contributed by atoms with Crippen LogP contribution < -0.4 is 10.1 Å². The van der Waals surface area contributed by atoms with Crippen molar-refractivity contribution in [3.63, 3.8) is 0 Å². The Balaban J connectivity index is 1.72. The molecule has 0 radical (unpaired) electrons. The number of fused-ring (bicyclic) bond motifs is 1. The maximum Gasteiger partial charge on any atom is 0.148 e. The molecule has 0 saturated heterocycles. The van der Waals surface area contributed by atoms with E-state index in [4.69, 9.17) is 11.2 Å². The topological polar surface area (TPSA) is 41.5 Å². The van der Waals surface area contributed by atoms with E-state index < -0.39 is 6.10 Å². The van der Waals surface area contributed by atoms with Gasteiger partial charge in [0.15, 0.2) is 0 Å². The lowest BCUT2D eigenvalue weighted by molar-refractivity contribution is 0.140. The van der Waals surface area contributed by atoms with Crippen molar-refractivity contribution >= 4 is 0 Å². The van der Waals surface area contributed by atoms with E-state index in [1.807, 2.05) is 36.4 Å². The summed E-state index contributed by atoms with van der Waals surface area (Å²) in [6.07, 6.45) is 5.55. The van der Waals surface area contributed by atoms with Gasteiger partial charge in [-0.3, -0.25) is 0 Å². The number of benzene rings is 2. The minimum absolute atomic E-state index is 0.0445. The Hall–Kier alpha value is -2.28. The quantitative estimate of drug-likeness (QED) is 0.832. The molecule has 0 spiro atoms. The van der Waals surface area contributed by atoms with E-state index in [0.717, 1.165) is 11.3 Å². The summed E-state index contributed by atoms with van der Waals surface area (Å²) in [6, 6.07) is 15.9. The van der Waals surface area contributed by atoms with E-state index in [9.17, 15) is 5.11 Å². The summed E-state index contributed by atoms with van der Waals surface area (Å²) in [4.78, 5) is 0. The second-order valence-electron chi connectivity index (χ2n) is 5.43. The van der Waals surface area contributed by atoms with E-state index in [2.05, 4.69) is 23.4 Å². The Kier molecular flexibility index (Phi) is 4.43. The summed E-state index contributed by atoms with van der Waals surface area (Å²) < 4.78 is 5.56. The summed E-state index contributed by atoms with van der Waals surface area (Å²) in [5.74, 6) is 3.26. The molecule has 1 aliphatic carbocycles. The van der Waals surface area contributed by atoms with Gasteiger partial charge in [0.05, 0.1) is 12.1 Å². The standard InChI is InChI=1S/C19H19NO2/c1-2-11-22-18-10-6-4-8-15(18)13-20-19-16-9-5-3-7-14(16)12-17(19)21/h1,3-10,17,19-21H,11-13H2/t17-,19+/m0/s1. The van der Waals surface area contributed by atoms with Crippen molar-refractivity contribution in [1.29, 1.82) is 0 Å². The van der Waals surface area contributed by atoms with Crippen LogP contribution in [0.5, 0.6) is 5.75 Å². The smallest absolute Gasteiger partial charge is 0.148 e. The largest absolute Gasteiger partial charge is 0.481 e. The molecule has 2 aromatic rings. The van der Waals surface area contributed by atoms with Crippen molar-refractivity contribution in [3.8, 4) is 18.1 Å². The van der Waals surface area contributed by atoms with Crippen molar-refractivity contribution in [2.45, 2.75) is 25.1 Å². The number of hydrogen-bond donors (Lipinski definition) is 2. The van der Waals surface area contributed by atoms with Crippen LogP contribution in [-0.2, 0) is 13.0 Å². The third-order valence-corrected chi connectivity index (χ3v) is 4.00. The molecule has 2 atom stereocenters. The van der Waals surface area contributed by atoms with E-state index >= 15 is 0 Å². The molecular weight excluding hydrogens is 274 g/mol. The fraction of sp³-hybridized carbons (Fsp3) is 0.263. The predicted molar refractivity (Wildman–Crippen MR) is 86.5 cm³/mol. The van der Waals surface area contributed by atoms with Crippen molar-refractivity contribution < 1.29 is 9.84 Å². The van der Waals surface area contributed by atoms with Gasteiger partial charge in [0.2, 0.25) is 0 Å². The highest BCUT2D eigenvalue weighted by molar-refractivity contribution is 5.37. The Labute approximate surface area is 130 Å². The van der Waals surface area contributed by atoms with Crippen LogP contribution in [0.1, 0.15) is 22.7 Å². The SMILES string of the molecule is C#CCOc1ccccc1CN[C@@H]1c2ccccc2C[C@@H]1O. The Morgan fingerprint density at radius 1 is 1.18 bits per heavy atom. The second-order valence-corrected chi connectivity index (χ2v) is 5.43. The zero-order chi connectivity index (χ0) is 15.4. The summed E-state index contributed by atoms with van der Waals surface area (Å²) in [5.41, 5.74) is 3.43. The predicted octanol–water partition coefficient (Wildman–Crippen LogP) is 2.45. The highest BCUT2D eigenvalue weighted by atomic mass is 16.5. The minimum atomic E-state index is -0.392. The number of para-hydroxylation sites is 1. The molecule has 0 fully saturated rings. The summed E-state index contributed by atoms with van der Waals surface area (Å²) in [7, 11) is 0. The van der Waals surface area contributed by atoms with Crippen molar-refractivity contribution in [3.05, 3.63) is 65.2 Å². The fourth-order valence-corrected chi connectivity index (χ4v) is 2.95. The van der Waals surface area contributed by atoms with Crippen LogP contribution in [0.3, 0.4) is 0 Å². The number of terminal acetylenes is 1. The van der Waals surface area contributed by atoms with E-state index in [0.29, 0.717) is 13.0 Å². The van der Waals surface area contributed by atoms with E-state index in [-0.39, 0.29) is 12.6 Å². The molecule has 0 bridgehead atoms. The molecule has 22 heavy (non-hydrogen) atoms. The first-order chi connectivity index (χ1) is 10.8. The molecule has 0 heterocycles. The summed E-state index contributed by atoms with van der Waals surface area (Å²) in [5, 5.41) is 13.7. The monoisotopic (exact) mass is 293 g/mol. The van der Waals surface area contributed by atoms with Gasteiger partial charge in [-0.2, -0.15) is 0 Å². The van der Waals surface area contributed by atoms with Gasteiger partial charge >= 0.3 is 0 Å². The Morgan fingerprint density at radius 3 is 2.82 bits per heavy atom. The third kappa shape index (κ3) is 2.99. The van der Waals surface area contributed by atoms with Gasteiger partial charge in [0.1, 0.15) is 12.4 Å². The van der Waals surface area contributed by atoms with Crippen molar-refractivity contribution in [2.24, 2.45) is 0 Å². The maximum atomic E-state index is 10.3. The van der Waals surface area contributed by atoms with E-state index in [1.165, 1.54) is 11.1 Å². The minimum Gasteiger partial charge on any atom is -0.481 e. The van der Waals surface area contributed by atoms with Crippen LogP contribution >= 0.6 is 0 Å². The molecule has 0 aromatic heterocycles. The van der Waals surface area contributed by atoms with Gasteiger partial charge in [-0.15, -0.1) is 6.42 Å². The number of aliphatic hydroxyl groups is 1. The average Bonchev–Trinajstić information content (AvgIpc) is 2.87. The molecule has 3 nitrogen and oxygen atoms in total. The first-order valence-corrected chi connectivity index (χ1v) is 7.43. The number of ether oxygens (including phenoxy) is 1. The van der Waals surface area contributed by atoms with Crippen molar-refractivity contribution in [1.82, 2.24) is 5.32 Å². The van der Waals surface area contributed by atoms with Crippen LogP contribution in [0.2, 0.25) is 0 Å². The van der Waals surface area contributed by atoms with Gasteiger partial charge in [-0.25, -0.2) is 0 Å². The first-order valence-electron chi connectivity index (χ1n) is 7.43. The van der Waals surface area contributed by atoms with Crippen LogP contribution in [0.25, 0.3) is 0 Å². The lowest BCUT2D eigenvalue weighted by Gasteiger charge is -2.19. The van der Waals surface area contributed by atoms with Gasteiger partial charge in [0, 0.05) is 18.5 Å². The molecule has 2 N–H and O–H groups in total. The molecule has 112 valence electrons. The zero-order valence-corrected chi connectivity index (χ0v) is 12.3. The first kappa shape index (κ1) is 14.6. The Bertz CT molecular complexity index is 690. The molecule has 0 amide bonds. The highest BCUT2D eigenvalue weighted by Gasteiger charge is 2.30. The van der Waals surface area contributed by atoms with Crippen LogP contribution in [0.15, 0.2) is 48.5 Å². The normalized spacial score (nSPS) is 19.5. The van der Waals surface area contributed by atoms with Gasteiger partial charge < -0.3 is 15.2 Å². The van der Waals surface area contributed by atoms with E-state index in [1.54, 1.807) is 0 Å². The van der Waals surface area contributed by atoms with Crippen LogP contribution in [0, 0.1) is 12.3 Å². The third-order valence-electron chi connectivity index (χ3n) is 4.00. The van der Waals surface area contributed by atoms with Gasteiger partial charge in [-0.05, 0) is 17.2 Å². The van der Waals surface area contributed by atoms with Crippen LogP contribution in [0.4, 0.5) is 0 Å². The molecule has 1 aliphatic rings. The lowest BCUT2D eigenvalue weighted by atomic mass is 10.1. The van der Waals surface area contributed by atoms with Gasteiger partial charge in [-0.1, -0.05) is 48.4 Å². The molecule has 0 aliphatic heterocycles. The molecule has 3 heteroatoms. The molecule has 3 rings (SSSR count). The molecule has 0 unspecified atom stereocenters. The lowest BCUT2D eigenvalue weighted by Crippen LogP contribution is -2.28. The van der Waals surface area contributed by atoms with Gasteiger partial charge in [0.25, 0.3) is 0 Å². The molecule has 2 aromatic carbocycles. The van der Waals surface area contributed by atoms with Crippen LogP contribution in [-0.4, -0.2) is 17.8 Å². The Morgan fingerprint density at radius 2 is 1.95 bits per heavy atom. The summed E-state index contributed by atoms with van der Waals surface area (Å²) in [6.45, 7) is 0.878. The highest BCUT2D eigenvalue weighted by Crippen LogP contribution is 2.31. The fourth-order valence-electron chi connectivity index (χ4n) is 2.95. The molecule has 0 saturated carbocycles. The molecular formula is C19H19NO2. The zero-order valence-electron chi connectivity index (χ0n) is 12.3. The second kappa shape index (κ2) is 6.65. The number of nitrogens with one attached hydrogen (secondary N) is 1. The maximum absolute atomic E-state index is 10.3. The average molecular weight is 293 g/mol. The number of aliphatic hydroxyl groups excluding tert-OH is 1. The number of rotatable bonds is 5. The number of hydrogen-bond acceptors (Lipinski definition) is 3. The summed E-state index contributed by atoms with van der Waals surface area (Å²) >= 11 is 0.